The molecule has 0 radical (unpaired) electrons. The molecule has 6 rings (SSSR count). The van der Waals surface area contributed by atoms with Crippen LogP contribution >= 0.6 is 12.4 Å². The summed E-state index contributed by atoms with van der Waals surface area (Å²) in [5.74, 6) is 1.65. The first-order valence-corrected chi connectivity index (χ1v) is 11.1. The van der Waals surface area contributed by atoms with E-state index in [1.165, 1.54) is 40.7 Å². The van der Waals surface area contributed by atoms with Gasteiger partial charge in [0, 0.05) is 30.2 Å². The Morgan fingerprint density at radius 2 is 1.71 bits per heavy atom. The van der Waals surface area contributed by atoms with Crippen LogP contribution in [0, 0.1) is 0 Å². The molecule has 1 atom stereocenters. The number of hydrogen-bond donors (Lipinski definition) is 1. The van der Waals surface area contributed by atoms with Crippen LogP contribution in [0.2, 0.25) is 0 Å². The Hall–Kier alpha value is -2.50. The number of pyridine rings is 1. The van der Waals surface area contributed by atoms with Crippen LogP contribution < -0.4 is 20.1 Å². The Kier molecular flexibility index (Phi) is 5.40. The van der Waals surface area contributed by atoms with Crippen molar-refractivity contribution in [1.82, 2.24) is 4.98 Å². The molecule has 0 bridgehead atoms. The van der Waals surface area contributed by atoms with Crippen molar-refractivity contribution in [2.45, 2.75) is 38.1 Å². The van der Waals surface area contributed by atoms with Gasteiger partial charge in [0.25, 0.3) is 0 Å². The highest BCUT2D eigenvalue weighted by Crippen LogP contribution is 2.40. The summed E-state index contributed by atoms with van der Waals surface area (Å²) in [5.41, 5.74) is 13.8. The number of nitrogens with zero attached hydrogens (tertiary/aromatic N) is 2. The highest BCUT2D eigenvalue weighted by Gasteiger charge is 2.27. The number of fused-ring (bicyclic) bond motifs is 3. The van der Waals surface area contributed by atoms with Gasteiger partial charge in [-0.2, -0.15) is 0 Å². The Labute approximate surface area is 189 Å². The monoisotopic (exact) mass is 437 g/mol. The molecule has 1 unspecified atom stereocenters. The molecular formula is C25H28ClN3O2. The third-order valence-corrected chi connectivity index (χ3v) is 6.65. The number of hydrogen-bond acceptors (Lipinski definition) is 5. The van der Waals surface area contributed by atoms with Crippen LogP contribution in [0.15, 0.2) is 36.4 Å². The van der Waals surface area contributed by atoms with Crippen LogP contribution in [0.4, 0.5) is 5.69 Å². The number of aromatic nitrogens is 1. The van der Waals surface area contributed by atoms with Gasteiger partial charge < -0.3 is 20.1 Å². The summed E-state index contributed by atoms with van der Waals surface area (Å²) >= 11 is 0. The summed E-state index contributed by atoms with van der Waals surface area (Å²) in [5, 5.41) is 1.25. The fraction of sp³-hybridized carbons (Fsp3) is 0.400. The molecule has 5 nitrogen and oxygen atoms in total. The number of nitrogens with two attached hydrogens (primary N) is 1. The van der Waals surface area contributed by atoms with E-state index in [0.29, 0.717) is 13.2 Å². The molecule has 6 heteroatoms. The second-order valence-electron chi connectivity index (χ2n) is 8.68. The van der Waals surface area contributed by atoms with Crippen LogP contribution in [-0.2, 0) is 12.8 Å². The van der Waals surface area contributed by atoms with Crippen molar-refractivity contribution in [3.63, 3.8) is 0 Å². The van der Waals surface area contributed by atoms with Gasteiger partial charge in [-0.3, -0.25) is 4.98 Å². The molecule has 3 aliphatic rings. The van der Waals surface area contributed by atoms with E-state index < -0.39 is 0 Å². The summed E-state index contributed by atoms with van der Waals surface area (Å²) in [4.78, 5) is 7.58. The van der Waals surface area contributed by atoms with E-state index >= 15 is 0 Å². The fourth-order valence-electron chi connectivity index (χ4n) is 5.15. The fourth-order valence-corrected chi connectivity index (χ4v) is 5.15. The van der Waals surface area contributed by atoms with Crippen molar-refractivity contribution < 1.29 is 9.47 Å². The minimum Gasteiger partial charge on any atom is -0.486 e. The lowest BCUT2D eigenvalue weighted by molar-refractivity contribution is 0.171. The minimum absolute atomic E-state index is 0. The van der Waals surface area contributed by atoms with Gasteiger partial charge in [-0.25, -0.2) is 0 Å². The number of aryl methyl sites for hydroxylation is 1. The van der Waals surface area contributed by atoms with Crippen LogP contribution in [0.1, 0.15) is 30.5 Å². The molecule has 2 aromatic carbocycles. The van der Waals surface area contributed by atoms with Gasteiger partial charge in [-0.15, -0.1) is 12.4 Å². The average molecular weight is 438 g/mol. The molecule has 1 aromatic heterocycles. The number of rotatable bonds is 2. The lowest BCUT2D eigenvalue weighted by atomic mass is 9.91. The molecule has 1 saturated heterocycles. The molecule has 0 amide bonds. The molecule has 2 aliphatic heterocycles. The van der Waals surface area contributed by atoms with E-state index in [2.05, 4.69) is 35.2 Å². The quantitative estimate of drug-likeness (QED) is 0.639. The molecule has 2 N–H and O–H groups in total. The summed E-state index contributed by atoms with van der Waals surface area (Å²) in [6.45, 7) is 3.17. The number of benzene rings is 2. The molecule has 3 aromatic rings. The summed E-state index contributed by atoms with van der Waals surface area (Å²) in [7, 11) is 0. The van der Waals surface area contributed by atoms with E-state index in [1.807, 2.05) is 6.07 Å². The van der Waals surface area contributed by atoms with Crippen molar-refractivity contribution in [1.29, 1.82) is 0 Å². The molecule has 3 heterocycles. The van der Waals surface area contributed by atoms with Gasteiger partial charge >= 0.3 is 0 Å². The minimum atomic E-state index is 0. The maximum atomic E-state index is 6.29. The molecule has 1 fully saturated rings. The van der Waals surface area contributed by atoms with E-state index in [9.17, 15) is 0 Å². The maximum absolute atomic E-state index is 6.29. The lowest BCUT2D eigenvalue weighted by Crippen LogP contribution is -2.28. The molecular weight excluding hydrogens is 410 g/mol. The van der Waals surface area contributed by atoms with Gasteiger partial charge in [0.15, 0.2) is 11.5 Å². The Morgan fingerprint density at radius 1 is 0.935 bits per heavy atom. The van der Waals surface area contributed by atoms with Crippen molar-refractivity contribution in [2.75, 3.05) is 31.2 Å². The van der Waals surface area contributed by atoms with Crippen LogP contribution in [0.25, 0.3) is 22.0 Å². The first-order valence-electron chi connectivity index (χ1n) is 11.1. The van der Waals surface area contributed by atoms with Gasteiger partial charge in [0.1, 0.15) is 13.2 Å². The van der Waals surface area contributed by atoms with Crippen molar-refractivity contribution in [2.24, 2.45) is 5.73 Å². The maximum Gasteiger partial charge on any atom is 0.161 e. The lowest BCUT2D eigenvalue weighted by Gasteiger charge is -2.28. The van der Waals surface area contributed by atoms with Crippen LogP contribution in [0.3, 0.4) is 0 Å². The third-order valence-electron chi connectivity index (χ3n) is 6.65. The van der Waals surface area contributed by atoms with Crippen LogP contribution in [-0.4, -0.2) is 37.3 Å². The van der Waals surface area contributed by atoms with E-state index in [1.54, 1.807) is 0 Å². The topological polar surface area (TPSA) is 60.6 Å². The van der Waals surface area contributed by atoms with E-state index in [-0.39, 0.29) is 18.4 Å². The van der Waals surface area contributed by atoms with Crippen molar-refractivity contribution in [3.05, 3.63) is 47.7 Å². The van der Waals surface area contributed by atoms with E-state index in [0.717, 1.165) is 54.9 Å². The Balaban J connectivity index is 0.00000204. The molecule has 0 spiro atoms. The largest absolute Gasteiger partial charge is 0.486 e. The second kappa shape index (κ2) is 8.21. The molecule has 1 aliphatic carbocycles. The highest BCUT2D eigenvalue weighted by molar-refractivity contribution is 5.97. The highest BCUT2D eigenvalue weighted by atomic mass is 35.5. The van der Waals surface area contributed by atoms with Crippen LogP contribution in [0.5, 0.6) is 11.5 Å². The number of anilines is 1. The third kappa shape index (κ3) is 3.60. The first-order chi connectivity index (χ1) is 14.8. The standard InChI is InChI=1S/C25H27N3O2.ClH/c26-18-9-10-28(15-18)25-19-3-1-2-4-21(19)27-22-7-5-16(13-20(22)25)17-6-8-23-24(14-17)30-12-11-29-23;/h5-8,13-14,18H,1-4,9-12,15,26H2;1H. The molecule has 31 heavy (non-hydrogen) atoms. The zero-order valence-electron chi connectivity index (χ0n) is 17.6. The predicted molar refractivity (Wildman–Crippen MR) is 127 cm³/mol. The number of halogens is 1. The van der Waals surface area contributed by atoms with E-state index in [4.69, 9.17) is 20.2 Å². The number of ether oxygens (including phenoxy) is 2. The summed E-state index contributed by atoms with van der Waals surface area (Å²) in [6, 6.07) is 13.1. The second-order valence-corrected chi connectivity index (χ2v) is 8.68. The average Bonchev–Trinajstić information content (AvgIpc) is 3.22. The summed E-state index contributed by atoms with van der Waals surface area (Å²) in [6.07, 6.45) is 5.74. The van der Waals surface area contributed by atoms with Gasteiger partial charge in [0.05, 0.1) is 11.2 Å². The summed E-state index contributed by atoms with van der Waals surface area (Å²) < 4.78 is 11.5. The zero-order chi connectivity index (χ0) is 20.1. The van der Waals surface area contributed by atoms with Crippen molar-refractivity contribution in [3.8, 4) is 22.6 Å². The Bertz CT molecular complexity index is 1130. The zero-order valence-corrected chi connectivity index (χ0v) is 18.4. The van der Waals surface area contributed by atoms with Gasteiger partial charge in [0.2, 0.25) is 0 Å². The van der Waals surface area contributed by atoms with Crippen molar-refractivity contribution >= 4 is 29.0 Å². The molecule has 162 valence electrons. The Morgan fingerprint density at radius 3 is 2.55 bits per heavy atom. The van der Waals surface area contributed by atoms with Gasteiger partial charge in [-0.05, 0) is 73.1 Å². The SMILES string of the molecule is Cl.NC1CCN(c2c3c(nc4ccc(-c5ccc6c(c5)OCCO6)cc24)CCCC3)C1. The molecule has 0 saturated carbocycles. The van der Waals surface area contributed by atoms with Gasteiger partial charge in [-0.1, -0.05) is 12.1 Å². The first kappa shape index (κ1) is 20.4. The normalized spacial score (nSPS) is 19.8. The predicted octanol–water partition coefficient (Wildman–Crippen LogP) is 4.51. The smallest absolute Gasteiger partial charge is 0.161 e.